The van der Waals surface area contributed by atoms with Crippen molar-refractivity contribution < 1.29 is 5.11 Å². The summed E-state index contributed by atoms with van der Waals surface area (Å²) in [5.41, 5.74) is 7.39. The second-order valence-electron chi connectivity index (χ2n) is 4.42. The number of aliphatic hydroxyl groups excluding tert-OH is 1. The molecule has 1 aliphatic heterocycles. The molecule has 0 radical (unpaired) electrons. The number of nitrogen functional groups attached to an aromatic ring is 1. The molecule has 0 spiro atoms. The molecule has 5 heteroatoms. The third kappa shape index (κ3) is 3.22. The lowest BCUT2D eigenvalue weighted by Gasteiger charge is -2.20. The summed E-state index contributed by atoms with van der Waals surface area (Å²) < 4.78 is 1.64. The van der Waals surface area contributed by atoms with Gasteiger partial charge in [0.25, 0.3) is 0 Å². The fraction of sp³-hybridized carbons (Fsp3) is 0.500. The summed E-state index contributed by atoms with van der Waals surface area (Å²) in [6.07, 6.45) is 2.02. The van der Waals surface area contributed by atoms with Crippen LogP contribution in [0.3, 0.4) is 0 Å². The van der Waals surface area contributed by atoms with E-state index in [0.717, 1.165) is 27.6 Å². The second-order valence-corrected chi connectivity index (χ2v) is 6.13. The number of nitrogens with zero attached hydrogens (tertiary/aromatic N) is 1. The number of likely N-dealkylation sites (tertiary alicyclic amines) is 1. The van der Waals surface area contributed by atoms with E-state index in [9.17, 15) is 5.11 Å². The number of hydrogen-bond donors (Lipinski definition) is 2. The first-order valence-electron chi connectivity index (χ1n) is 5.73. The van der Waals surface area contributed by atoms with Crippen molar-refractivity contribution in [3.05, 3.63) is 26.6 Å². The number of β-amino-alcohol motifs (C(OH)–C–C–N with tert-alkyl or cyclic N) is 1. The van der Waals surface area contributed by atoms with E-state index in [0.29, 0.717) is 12.2 Å². The first-order valence-corrected chi connectivity index (χ1v) is 7.31. The molecule has 1 fully saturated rings. The maximum Gasteiger partial charge on any atom is 0.0917 e. The largest absolute Gasteiger partial charge is 0.397 e. The van der Waals surface area contributed by atoms with Crippen molar-refractivity contribution in [1.29, 1.82) is 0 Å². The molecule has 1 aliphatic rings. The summed E-state index contributed by atoms with van der Waals surface area (Å²) in [4.78, 5) is 2.29. The van der Waals surface area contributed by atoms with Crippen LogP contribution in [0, 0.1) is 0 Å². The van der Waals surface area contributed by atoms with E-state index in [1.54, 1.807) is 0 Å². The van der Waals surface area contributed by atoms with Gasteiger partial charge in [0.1, 0.15) is 0 Å². The smallest absolute Gasteiger partial charge is 0.0917 e. The summed E-state index contributed by atoms with van der Waals surface area (Å²) in [5.74, 6) is 0. The Morgan fingerprint density at radius 2 is 1.76 bits per heavy atom. The Balaban J connectivity index is 2.10. The number of aliphatic hydroxyl groups is 1. The monoisotopic (exact) mass is 362 g/mol. The van der Waals surface area contributed by atoms with Crippen molar-refractivity contribution in [2.45, 2.75) is 18.9 Å². The molecule has 0 aromatic heterocycles. The number of rotatable bonds is 3. The summed E-state index contributed by atoms with van der Waals surface area (Å²) in [7, 11) is 0. The molecule has 1 heterocycles. The average molecular weight is 364 g/mol. The number of hydrogen-bond acceptors (Lipinski definition) is 3. The van der Waals surface area contributed by atoms with Crippen LogP contribution in [0.5, 0.6) is 0 Å². The van der Waals surface area contributed by atoms with Crippen LogP contribution in [0.25, 0.3) is 0 Å². The van der Waals surface area contributed by atoms with Gasteiger partial charge < -0.3 is 15.7 Å². The van der Waals surface area contributed by atoms with E-state index in [-0.39, 0.29) is 0 Å². The zero-order chi connectivity index (χ0) is 12.4. The molecular weight excluding hydrogens is 348 g/mol. The van der Waals surface area contributed by atoms with Gasteiger partial charge in [0.15, 0.2) is 0 Å². The van der Waals surface area contributed by atoms with Crippen LogP contribution >= 0.6 is 31.9 Å². The Labute approximate surface area is 118 Å². The van der Waals surface area contributed by atoms with Gasteiger partial charge in [0.2, 0.25) is 0 Å². The quantitative estimate of drug-likeness (QED) is 0.812. The lowest BCUT2D eigenvalue weighted by atomic mass is 10.1. The molecule has 1 unspecified atom stereocenters. The highest BCUT2D eigenvalue weighted by Crippen LogP contribution is 2.32. The Morgan fingerprint density at radius 3 is 2.29 bits per heavy atom. The molecule has 0 bridgehead atoms. The Hall–Kier alpha value is -0.100. The van der Waals surface area contributed by atoms with Crippen molar-refractivity contribution in [1.82, 2.24) is 4.90 Å². The van der Waals surface area contributed by atoms with Gasteiger partial charge in [-0.15, -0.1) is 0 Å². The van der Waals surface area contributed by atoms with Crippen LogP contribution in [0.4, 0.5) is 5.69 Å². The topological polar surface area (TPSA) is 49.5 Å². The molecule has 1 atom stereocenters. The Bertz CT molecular complexity index is 382. The first kappa shape index (κ1) is 13.3. The molecule has 0 amide bonds. The van der Waals surface area contributed by atoms with Crippen molar-refractivity contribution >= 4 is 37.5 Å². The van der Waals surface area contributed by atoms with Crippen molar-refractivity contribution in [3.8, 4) is 0 Å². The molecule has 3 nitrogen and oxygen atoms in total. The first-order chi connectivity index (χ1) is 8.08. The van der Waals surface area contributed by atoms with Gasteiger partial charge in [0.05, 0.1) is 11.8 Å². The average Bonchev–Trinajstić information content (AvgIpc) is 2.77. The SMILES string of the molecule is Nc1c(Br)cc(C(O)CN2CCCC2)cc1Br. The highest BCUT2D eigenvalue weighted by Gasteiger charge is 2.18. The van der Waals surface area contributed by atoms with Crippen LogP contribution < -0.4 is 5.73 Å². The van der Waals surface area contributed by atoms with Crippen LogP contribution in [0.1, 0.15) is 24.5 Å². The lowest BCUT2D eigenvalue weighted by molar-refractivity contribution is 0.126. The van der Waals surface area contributed by atoms with Gasteiger partial charge in [0, 0.05) is 15.5 Å². The number of halogens is 2. The highest BCUT2D eigenvalue weighted by atomic mass is 79.9. The van der Waals surface area contributed by atoms with Gasteiger partial charge >= 0.3 is 0 Å². The maximum absolute atomic E-state index is 10.2. The third-order valence-corrected chi connectivity index (χ3v) is 4.43. The minimum atomic E-state index is -0.457. The van der Waals surface area contributed by atoms with Crippen molar-refractivity contribution in [3.63, 3.8) is 0 Å². The van der Waals surface area contributed by atoms with Crippen LogP contribution in [-0.2, 0) is 0 Å². The van der Waals surface area contributed by atoms with Crippen LogP contribution in [0.15, 0.2) is 21.1 Å². The van der Waals surface area contributed by atoms with Gasteiger partial charge in [-0.25, -0.2) is 0 Å². The zero-order valence-corrected chi connectivity index (χ0v) is 12.7. The summed E-state index contributed by atoms with van der Waals surface area (Å²) in [6.45, 7) is 2.88. The maximum atomic E-state index is 10.2. The van der Waals surface area contributed by atoms with Crippen LogP contribution in [-0.4, -0.2) is 29.6 Å². The number of anilines is 1. The number of nitrogens with two attached hydrogens (primary N) is 1. The standard InChI is InChI=1S/C12H16Br2N2O/c13-9-5-8(6-10(14)12(9)15)11(17)7-16-3-1-2-4-16/h5-6,11,17H,1-4,7,15H2. The van der Waals surface area contributed by atoms with Gasteiger partial charge in [-0.2, -0.15) is 0 Å². The third-order valence-electron chi connectivity index (χ3n) is 3.12. The highest BCUT2D eigenvalue weighted by molar-refractivity contribution is 9.11. The predicted molar refractivity (Wildman–Crippen MR) is 76.9 cm³/mol. The van der Waals surface area contributed by atoms with Gasteiger partial charge in [-0.05, 0) is 75.5 Å². The van der Waals surface area contributed by atoms with E-state index in [1.807, 2.05) is 12.1 Å². The summed E-state index contributed by atoms with van der Waals surface area (Å²) in [6, 6.07) is 3.78. The molecule has 0 aliphatic carbocycles. The Morgan fingerprint density at radius 1 is 1.24 bits per heavy atom. The van der Waals surface area contributed by atoms with Crippen LogP contribution in [0.2, 0.25) is 0 Å². The zero-order valence-electron chi connectivity index (χ0n) is 9.50. The van der Waals surface area contributed by atoms with E-state index >= 15 is 0 Å². The minimum Gasteiger partial charge on any atom is -0.397 e. The molecule has 2 rings (SSSR count). The molecule has 1 saturated heterocycles. The fourth-order valence-electron chi connectivity index (χ4n) is 2.11. The fourth-order valence-corrected chi connectivity index (χ4v) is 3.33. The van der Waals surface area contributed by atoms with E-state index < -0.39 is 6.10 Å². The molecule has 0 saturated carbocycles. The molecule has 3 N–H and O–H groups in total. The summed E-state index contributed by atoms with van der Waals surface area (Å²) >= 11 is 6.80. The molecule has 1 aromatic carbocycles. The second kappa shape index (κ2) is 5.69. The molecular formula is C12H16Br2N2O. The lowest BCUT2D eigenvalue weighted by Crippen LogP contribution is -2.25. The Kier molecular flexibility index (Phi) is 4.47. The van der Waals surface area contributed by atoms with E-state index in [1.165, 1.54) is 12.8 Å². The predicted octanol–water partition coefficient (Wildman–Crippen LogP) is 2.92. The van der Waals surface area contributed by atoms with Crippen molar-refractivity contribution in [2.75, 3.05) is 25.4 Å². The van der Waals surface area contributed by atoms with Gasteiger partial charge in [-0.3, -0.25) is 0 Å². The van der Waals surface area contributed by atoms with Crippen molar-refractivity contribution in [2.24, 2.45) is 0 Å². The minimum absolute atomic E-state index is 0.457. The number of benzene rings is 1. The van der Waals surface area contributed by atoms with E-state index in [4.69, 9.17) is 5.73 Å². The molecule has 17 heavy (non-hydrogen) atoms. The molecule has 1 aromatic rings. The normalized spacial score (nSPS) is 18.5. The summed E-state index contributed by atoms with van der Waals surface area (Å²) in [5, 5.41) is 10.2. The van der Waals surface area contributed by atoms with Gasteiger partial charge in [-0.1, -0.05) is 0 Å². The van der Waals surface area contributed by atoms with E-state index in [2.05, 4.69) is 36.8 Å². The molecule has 94 valence electrons.